The monoisotopic (exact) mass is 314 g/mol. The topological polar surface area (TPSA) is 55.7 Å². The van der Waals surface area contributed by atoms with Crippen LogP contribution in [0.4, 0.5) is 4.39 Å². The maximum atomic E-state index is 14.3. The van der Waals surface area contributed by atoms with Gasteiger partial charge in [-0.15, -0.1) is 0 Å². The molecule has 6 heteroatoms. The van der Waals surface area contributed by atoms with Crippen LogP contribution in [0.25, 0.3) is 22.6 Å². The predicted octanol–water partition coefficient (Wildman–Crippen LogP) is 4.08. The summed E-state index contributed by atoms with van der Waals surface area (Å²) < 4.78 is 21.5. The number of rotatable bonds is 3. The van der Waals surface area contributed by atoms with E-state index >= 15 is 0 Å². The zero-order valence-corrected chi connectivity index (χ0v) is 13.1. The van der Waals surface area contributed by atoms with Gasteiger partial charge in [-0.3, -0.25) is 0 Å². The van der Waals surface area contributed by atoms with Crippen LogP contribution < -0.4 is 4.74 Å². The van der Waals surface area contributed by atoms with Crippen LogP contribution >= 0.6 is 0 Å². The smallest absolute Gasteiger partial charge is 0.177 e. The molecule has 2 heterocycles. The number of nitrogens with one attached hydrogen (secondary N) is 1. The van der Waals surface area contributed by atoms with Crippen LogP contribution in [0, 0.1) is 5.82 Å². The maximum Gasteiger partial charge on any atom is 0.177 e. The van der Waals surface area contributed by atoms with Gasteiger partial charge < -0.3 is 9.72 Å². The summed E-state index contributed by atoms with van der Waals surface area (Å²) in [7, 11) is 1.53. The Morgan fingerprint density at radius 3 is 2.87 bits per heavy atom. The fraction of sp³-hybridized carbons (Fsp3) is 0.412. The fourth-order valence-electron chi connectivity index (χ4n) is 3.43. The summed E-state index contributed by atoms with van der Waals surface area (Å²) in [6.45, 7) is 0. The minimum absolute atomic E-state index is 0.349. The number of ether oxygens (including phenoxy) is 1. The zero-order chi connectivity index (χ0) is 15.8. The molecule has 23 heavy (non-hydrogen) atoms. The number of halogens is 1. The third kappa shape index (κ3) is 2.38. The van der Waals surface area contributed by atoms with Crippen molar-refractivity contribution in [2.45, 2.75) is 38.1 Å². The van der Waals surface area contributed by atoms with Crippen LogP contribution in [0.1, 0.15) is 38.1 Å². The summed E-state index contributed by atoms with van der Waals surface area (Å²) in [4.78, 5) is 7.78. The van der Waals surface area contributed by atoms with Crippen molar-refractivity contribution in [3.8, 4) is 17.1 Å². The number of benzene rings is 1. The highest BCUT2D eigenvalue weighted by Crippen LogP contribution is 2.34. The van der Waals surface area contributed by atoms with E-state index in [1.165, 1.54) is 32.4 Å². The first-order valence-electron chi connectivity index (χ1n) is 8.04. The van der Waals surface area contributed by atoms with Crippen LogP contribution in [-0.4, -0.2) is 26.9 Å². The SMILES string of the molecule is COc1cccc(F)c1-c1nc2c(cnn2C2CCCCC2)[nH]1. The lowest BCUT2D eigenvalue weighted by molar-refractivity contribution is 0.336. The lowest BCUT2D eigenvalue weighted by Gasteiger charge is -2.21. The molecule has 1 saturated carbocycles. The van der Waals surface area contributed by atoms with Crippen molar-refractivity contribution < 1.29 is 9.13 Å². The first-order valence-corrected chi connectivity index (χ1v) is 8.04. The minimum Gasteiger partial charge on any atom is -0.496 e. The Morgan fingerprint density at radius 1 is 1.26 bits per heavy atom. The van der Waals surface area contributed by atoms with E-state index in [0.29, 0.717) is 23.2 Å². The molecule has 0 radical (unpaired) electrons. The van der Waals surface area contributed by atoms with E-state index in [2.05, 4.69) is 15.1 Å². The Labute approximate surface area is 133 Å². The number of methoxy groups -OCH3 is 1. The van der Waals surface area contributed by atoms with Gasteiger partial charge in [-0.2, -0.15) is 5.10 Å². The second kappa shape index (κ2) is 5.68. The summed E-state index contributed by atoms with van der Waals surface area (Å²) >= 11 is 0. The molecule has 1 aliphatic rings. The predicted molar refractivity (Wildman–Crippen MR) is 85.9 cm³/mol. The Morgan fingerprint density at radius 2 is 2.09 bits per heavy atom. The molecule has 1 aromatic carbocycles. The molecule has 1 N–H and O–H groups in total. The van der Waals surface area contributed by atoms with Crippen LogP contribution in [-0.2, 0) is 0 Å². The molecular weight excluding hydrogens is 295 g/mol. The van der Waals surface area contributed by atoms with E-state index in [1.807, 2.05) is 4.68 Å². The highest BCUT2D eigenvalue weighted by Gasteiger charge is 2.22. The molecule has 3 aromatic rings. The van der Waals surface area contributed by atoms with Crippen LogP contribution in [0.5, 0.6) is 5.75 Å². The molecule has 5 nitrogen and oxygen atoms in total. The average molecular weight is 314 g/mol. The van der Waals surface area contributed by atoms with Gasteiger partial charge in [-0.1, -0.05) is 25.3 Å². The van der Waals surface area contributed by atoms with Gasteiger partial charge in [0.25, 0.3) is 0 Å². The number of H-pyrrole nitrogens is 1. The number of hydrogen-bond donors (Lipinski definition) is 1. The molecule has 1 aliphatic carbocycles. The molecule has 0 unspecified atom stereocenters. The number of fused-ring (bicyclic) bond motifs is 1. The Balaban J connectivity index is 1.80. The maximum absolute atomic E-state index is 14.3. The highest BCUT2D eigenvalue weighted by molar-refractivity contribution is 5.78. The van der Waals surface area contributed by atoms with Gasteiger partial charge in [0.1, 0.15) is 22.9 Å². The van der Waals surface area contributed by atoms with Crippen molar-refractivity contribution in [1.82, 2.24) is 19.7 Å². The van der Waals surface area contributed by atoms with Crippen LogP contribution in [0.15, 0.2) is 24.4 Å². The Bertz CT molecular complexity index is 832. The molecule has 0 atom stereocenters. The first-order chi connectivity index (χ1) is 11.3. The first kappa shape index (κ1) is 14.2. The quantitative estimate of drug-likeness (QED) is 0.792. The number of imidazole rings is 1. The van der Waals surface area contributed by atoms with Crippen molar-refractivity contribution in [2.75, 3.05) is 7.11 Å². The molecule has 1 fully saturated rings. The standard InChI is InChI=1S/C17H19FN4O/c1-23-14-9-5-8-12(18)15(14)16-20-13-10-19-22(17(13)21-16)11-6-3-2-4-7-11/h5,8-11H,2-4,6-7H2,1H3,(H,20,21). The van der Waals surface area contributed by atoms with Gasteiger partial charge in [0.2, 0.25) is 0 Å². The highest BCUT2D eigenvalue weighted by atomic mass is 19.1. The Kier molecular flexibility index (Phi) is 3.52. The third-order valence-corrected chi connectivity index (χ3v) is 4.59. The minimum atomic E-state index is -0.349. The van der Waals surface area contributed by atoms with E-state index in [-0.39, 0.29) is 5.82 Å². The van der Waals surface area contributed by atoms with Crippen molar-refractivity contribution in [3.05, 3.63) is 30.2 Å². The zero-order valence-electron chi connectivity index (χ0n) is 13.1. The van der Waals surface area contributed by atoms with Gasteiger partial charge in [-0.25, -0.2) is 14.1 Å². The largest absolute Gasteiger partial charge is 0.496 e. The van der Waals surface area contributed by atoms with Crippen molar-refractivity contribution in [1.29, 1.82) is 0 Å². The van der Waals surface area contributed by atoms with Gasteiger partial charge in [0.15, 0.2) is 5.65 Å². The van der Waals surface area contributed by atoms with E-state index in [1.54, 1.807) is 18.3 Å². The molecule has 2 aromatic heterocycles. The summed E-state index contributed by atoms with van der Waals surface area (Å²) in [6, 6.07) is 5.17. The molecule has 0 bridgehead atoms. The number of hydrogen-bond acceptors (Lipinski definition) is 3. The van der Waals surface area contributed by atoms with E-state index in [0.717, 1.165) is 24.0 Å². The molecule has 0 spiro atoms. The van der Waals surface area contributed by atoms with Crippen molar-refractivity contribution in [2.24, 2.45) is 0 Å². The molecule has 120 valence electrons. The average Bonchev–Trinajstić information content (AvgIpc) is 3.15. The van der Waals surface area contributed by atoms with Crippen LogP contribution in [0.3, 0.4) is 0 Å². The number of aromatic amines is 1. The Hall–Kier alpha value is -2.37. The van der Waals surface area contributed by atoms with Gasteiger partial charge in [-0.05, 0) is 25.0 Å². The van der Waals surface area contributed by atoms with E-state index < -0.39 is 0 Å². The van der Waals surface area contributed by atoms with E-state index in [4.69, 9.17) is 4.74 Å². The molecular formula is C17H19FN4O. The van der Waals surface area contributed by atoms with E-state index in [9.17, 15) is 4.39 Å². The molecule has 4 rings (SSSR count). The van der Waals surface area contributed by atoms with Crippen LogP contribution in [0.2, 0.25) is 0 Å². The second-order valence-corrected chi connectivity index (χ2v) is 6.02. The summed E-state index contributed by atoms with van der Waals surface area (Å²) in [5.41, 5.74) is 1.98. The number of nitrogens with zero attached hydrogens (tertiary/aromatic N) is 3. The van der Waals surface area contributed by atoms with Crippen molar-refractivity contribution in [3.63, 3.8) is 0 Å². The fourth-order valence-corrected chi connectivity index (χ4v) is 3.43. The lowest BCUT2D eigenvalue weighted by Crippen LogP contribution is -2.14. The van der Waals surface area contributed by atoms with Crippen molar-refractivity contribution >= 4 is 11.2 Å². The lowest BCUT2D eigenvalue weighted by atomic mass is 9.96. The normalized spacial score (nSPS) is 16.1. The molecule has 0 aliphatic heterocycles. The molecule has 0 saturated heterocycles. The summed E-state index contributed by atoms with van der Waals surface area (Å²) in [5.74, 6) is 0.605. The summed E-state index contributed by atoms with van der Waals surface area (Å²) in [6.07, 6.45) is 7.77. The van der Waals surface area contributed by atoms with Gasteiger partial charge >= 0.3 is 0 Å². The van der Waals surface area contributed by atoms with Gasteiger partial charge in [0, 0.05) is 0 Å². The summed E-state index contributed by atoms with van der Waals surface area (Å²) in [5, 5.41) is 4.48. The molecule has 0 amide bonds. The number of aromatic nitrogens is 4. The second-order valence-electron chi connectivity index (χ2n) is 6.02. The van der Waals surface area contributed by atoms with Gasteiger partial charge in [0.05, 0.1) is 24.9 Å². The third-order valence-electron chi connectivity index (χ3n) is 4.59.